The normalized spacial score (nSPS) is 17.9. The lowest BCUT2D eigenvalue weighted by Crippen LogP contribution is -2.45. The molecular formula is C13H20N4O2. The molecule has 0 bridgehead atoms. The Kier molecular flexibility index (Phi) is 4.70. The molecule has 1 aliphatic rings. The maximum Gasteiger partial charge on any atom is 0.267 e. The molecule has 1 unspecified atom stereocenters. The van der Waals surface area contributed by atoms with Crippen LogP contribution in [-0.4, -0.2) is 54.7 Å². The number of carbonyl (C=O) groups is 1. The number of primary amides is 1. The van der Waals surface area contributed by atoms with E-state index in [2.05, 4.69) is 22.1 Å². The van der Waals surface area contributed by atoms with Crippen molar-refractivity contribution in [1.29, 1.82) is 0 Å². The Morgan fingerprint density at radius 1 is 1.58 bits per heavy atom. The third-order valence-electron chi connectivity index (χ3n) is 3.28. The van der Waals surface area contributed by atoms with Crippen LogP contribution >= 0.6 is 0 Å². The molecule has 1 aromatic heterocycles. The number of hydrogen-bond donors (Lipinski definition) is 2. The molecule has 104 valence electrons. The molecule has 1 saturated heterocycles. The van der Waals surface area contributed by atoms with Crippen LogP contribution in [-0.2, 0) is 4.74 Å². The number of anilines is 1. The van der Waals surface area contributed by atoms with Crippen molar-refractivity contribution in [3.8, 4) is 0 Å². The van der Waals surface area contributed by atoms with Gasteiger partial charge in [0.25, 0.3) is 5.91 Å². The highest BCUT2D eigenvalue weighted by atomic mass is 16.5. The molecule has 1 amide bonds. The van der Waals surface area contributed by atoms with E-state index in [1.807, 2.05) is 6.07 Å². The van der Waals surface area contributed by atoms with Gasteiger partial charge in [-0.25, -0.2) is 0 Å². The van der Waals surface area contributed by atoms with E-state index < -0.39 is 5.91 Å². The standard InChI is InChI=1S/C13H20N4O2/c1-10(17-4-6-19-7-5-17)9-16-11-2-3-15-12(8-11)13(14)18/h2-3,8,10H,4-7,9H2,1H3,(H2,14,18)(H,15,16). The molecule has 3 N–H and O–H groups in total. The smallest absolute Gasteiger partial charge is 0.267 e. The molecule has 6 heteroatoms. The maximum absolute atomic E-state index is 11.0. The Bertz CT molecular complexity index is 432. The number of carbonyl (C=O) groups excluding carboxylic acids is 1. The number of rotatable bonds is 5. The summed E-state index contributed by atoms with van der Waals surface area (Å²) in [5.41, 5.74) is 6.35. The first-order valence-corrected chi connectivity index (χ1v) is 6.48. The molecule has 2 rings (SSSR count). The van der Waals surface area contributed by atoms with Gasteiger partial charge in [-0.15, -0.1) is 0 Å². The molecule has 0 spiro atoms. The van der Waals surface area contributed by atoms with Crippen LogP contribution in [0.1, 0.15) is 17.4 Å². The van der Waals surface area contributed by atoms with Gasteiger partial charge >= 0.3 is 0 Å². The van der Waals surface area contributed by atoms with Gasteiger partial charge in [-0.1, -0.05) is 0 Å². The lowest BCUT2D eigenvalue weighted by atomic mass is 10.2. The largest absolute Gasteiger partial charge is 0.383 e. The first-order chi connectivity index (χ1) is 9.16. The van der Waals surface area contributed by atoms with E-state index in [-0.39, 0.29) is 5.69 Å². The summed E-state index contributed by atoms with van der Waals surface area (Å²) >= 11 is 0. The average molecular weight is 264 g/mol. The van der Waals surface area contributed by atoms with E-state index >= 15 is 0 Å². The van der Waals surface area contributed by atoms with Gasteiger partial charge in [0.15, 0.2) is 0 Å². The number of amides is 1. The number of nitrogens with one attached hydrogen (secondary N) is 1. The van der Waals surface area contributed by atoms with Crippen molar-refractivity contribution in [2.24, 2.45) is 5.73 Å². The Hall–Kier alpha value is -1.66. The number of morpholine rings is 1. The molecule has 0 radical (unpaired) electrons. The van der Waals surface area contributed by atoms with Crippen molar-refractivity contribution < 1.29 is 9.53 Å². The van der Waals surface area contributed by atoms with Gasteiger partial charge in [-0.05, 0) is 19.1 Å². The summed E-state index contributed by atoms with van der Waals surface area (Å²) in [5, 5.41) is 3.31. The fourth-order valence-electron chi connectivity index (χ4n) is 2.09. The fraction of sp³-hybridized carbons (Fsp3) is 0.538. The summed E-state index contributed by atoms with van der Waals surface area (Å²) in [4.78, 5) is 17.3. The Morgan fingerprint density at radius 2 is 2.32 bits per heavy atom. The van der Waals surface area contributed by atoms with E-state index in [0.717, 1.165) is 38.5 Å². The van der Waals surface area contributed by atoms with Gasteiger partial charge in [0.1, 0.15) is 5.69 Å². The Morgan fingerprint density at radius 3 is 3.00 bits per heavy atom. The Balaban J connectivity index is 1.87. The summed E-state index contributed by atoms with van der Waals surface area (Å²) in [6, 6.07) is 3.92. The number of nitrogens with zero attached hydrogens (tertiary/aromatic N) is 2. The molecule has 19 heavy (non-hydrogen) atoms. The van der Waals surface area contributed by atoms with E-state index in [1.54, 1.807) is 12.3 Å². The molecule has 2 heterocycles. The van der Waals surface area contributed by atoms with Crippen molar-refractivity contribution in [3.63, 3.8) is 0 Å². The quantitative estimate of drug-likeness (QED) is 0.800. The van der Waals surface area contributed by atoms with Gasteiger partial charge in [0.05, 0.1) is 13.2 Å². The second-order valence-corrected chi connectivity index (χ2v) is 4.67. The van der Waals surface area contributed by atoms with Crippen molar-refractivity contribution in [2.75, 3.05) is 38.2 Å². The van der Waals surface area contributed by atoms with Gasteiger partial charge in [-0.2, -0.15) is 0 Å². The van der Waals surface area contributed by atoms with Crippen LogP contribution in [0.3, 0.4) is 0 Å². The van der Waals surface area contributed by atoms with Crippen LogP contribution in [0.15, 0.2) is 18.3 Å². The van der Waals surface area contributed by atoms with Crippen molar-refractivity contribution in [3.05, 3.63) is 24.0 Å². The first-order valence-electron chi connectivity index (χ1n) is 6.48. The summed E-state index contributed by atoms with van der Waals surface area (Å²) in [5.74, 6) is -0.509. The SMILES string of the molecule is CC(CNc1ccnc(C(N)=O)c1)N1CCOCC1. The number of hydrogen-bond acceptors (Lipinski definition) is 5. The van der Waals surface area contributed by atoms with Crippen LogP contribution < -0.4 is 11.1 Å². The molecule has 0 aliphatic carbocycles. The molecule has 0 aromatic carbocycles. The first kappa shape index (κ1) is 13.8. The van der Waals surface area contributed by atoms with Gasteiger partial charge < -0.3 is 15.8 Å². The zero-order valence-electron chi connectivity index (χ0n) is 11.1. The highest BCUT2D eigenvalue weighted by Crippen LogP contribution is 2.09. The van der Waals surface area contributed by atoms with Crippen molar-refractivity contribution in [1.82, 2.24) is 9.88 Å². The minimum atomic E-state index is -0.509. The molecule has 1 atom stereocenters. The monoisotopic (exact) mass is 264 g/mol. The van der Waals surface area contributed by atoms with Crippen LogP contribution in [0, 0.1) is 0 Å². The minimum Gasteiger partial charge on any atom is -0.383 e. The fourth-order valence-corrected chi connectivity index (χ4v) is 2.09. The third kappa shape index (κ3) is 3.90. The predicted octanol–water partition coefficient (Wildman–Crippen LogP) is 0.313. The lowest BCUT2D eigenvalue weighted by Gasteiger charge is -2.32. The summed E-state index contributed by atoms with van der Waals surface area (Å²) in [6.45, 7) is 6.50. The van der Waals surface area contributed by atoms with Crippen LogP contribution in [0.25, 0.3) is 0 Å². The molecule has 1 fully saturated rings. The van der Waals surface area contributed by atoms with E-state index in [0.29, 0.717) is 6.04 Å². The van der Waals surface area contributed by atoms with Gasteiger partial charge in [-0.3, -0.25) is 14.7 Å². The number of pyridine rings is 1. The maximum atomic E-state index is 11.0. The lowest BCUT2D eigenvalue weighted by molar-refractivity contribution is 0.0227. The van der Waals surface area contributed by atoms with E-state index in [9.17, 15) is 4.79 Å². The minimum absolute atomic E-state index is 0.282. The van der Waals surface area contributed by atoms with E-state index in [4.69, 9.17) is 10.5 Å². The number of nitrogens with two attached hydrogens (primary N) is 1. The summed E-state index contributed by atoms with van der Waals surface area (Å²) < 4.78 is 5.33. The number of aromatic nitrogens is 1. The molecule has 1 aliphatic heterocycles. The van der Waals surface area contributed by atoms with Crippen LogP contribution in [0.5, 0.6) is 0 Å². The molecule has 1 aromatic rings. The summed E-state index contributed by atoms with van der Waals surface area (Å²) in [7, 11) is 0. The Labute approximate surface area is 112 Å². The summed E-state index contributed by atoms with van der Waals surface area (Å²) in [6.07, 6.45) is 1.59. The van der Waals surface area contributed by atoms with Gasteiger partial charge in [0.2, 0.25) is 0 Å². The average Bonchev–Trinajstić information content (AvgIpc) is 2.46. The van der Waals surface area contributed by atoms with Crippen LogP contribution in [0.4, 0.5) is 5.69 Å². The topological polar surface area (TPSA) is 80.5 Å². The van der Waals surface area contributed by atoms with E-state index in [1.165, 1.54) is 0 Å². The molecule has 6 nitrogen and oxygen atoms in total. The zero-order valence-corrected chi connectivity index (χ0v) is 11.1. The van der Waals surface area contributed by atoms with Gasteiger partial charge in [0, 0.05) is 37.6 Å². The molecular weight excluding hydrogens is 244 g/mol. The van der Waals surface area contributed by atoms with Crippen LogP contribution in [0.2, 0.25) is 0 Å². The zero-order chi connectivity index (χ0) is 13.7. The molecule has 0 saturated carbocycles. The second kappa shape index (κ2) is 6.49. The number of ether oxygens (including phenoxy) is 1. The third-order valence-corrected chi connectivity index (χ3v) is 3.28. The van der Waals surface area contributed by atoms with Crippen molar-refractivity contribution in [2.45, 2.75) is 13.0 Å². The second-order valence-electron chi connectivity index (χ2n) is 4.67. The highest BCUT2D eigenvalue weighted by Gasteiger charge is 2.16. The highest BCUT2D eigenvalue weighted by molar-refractivity contribution is 5.91. The predicted molar refractivity (Wildman–Crippen MR) is 73.1 cm³/mol. The van der Waals surface area contributed by atoms with Crippen molar-refractivity contribution >= 4 is 11.6 Å².